The Kier molecular flexibility index (Phi) is 6.26. The average Bonchev–Trinajstić information content (AvgIpc) is 2.26. The van der Waals surface area contributed by atoms with Gasteiger partial charge in [0.2, 0.25) is 0 Å². The highest BCUT2D eigenvalue weighted by Crippen LogP contribution is 2.30. The van der Waals surface area contributed by atoms with E-state index in [4.69, 9.17) is 15.2 Å². The van der Waals surface area contributed by atoms with Gasteiger partial charge in [0, 0.05) is 6.61 Å². The van der Waals surface area contributed by atoms with Crippen molar-refractivity contribution in [3.05, 3.63) is 22.7 Å². The predicted molar refractivity (Wildman–Crippen MR) is 69.8 cm³/mol. The van der Waals surface area contributed by atoms with E-state index in [1.165, 1.54) is 0 Å². The van der Waals surface area contributed by atoms with Crippen LogP contribution in [0.1, 0.15) is 19.8 Å². The van der Waals surface area contributed by atoms with Gasteiger partial charge in [-0.1, -0.05) is 19.4 Å². The van der Waals surface area contributed by atoms with Gasteiger partial charge in [-0.2, -0.15) is 0 Å². The molecule has 0 heterocycles. The highest BCUT2D eigenvalue weighted by molar-refractivity contribution is 9.10. The van der Waals surface area contributed by atoms with Crippen molar-refractivity contribution >= 4 is 21.6 Å². The second-order valence-electron chi connectivity index (χ2n) is 3.47. The molecule has 0 amide bonds. The van der Waals surface area contributed by atoms with Gasteiger partial charge in [-0.15, -0.1) is 0 Å². The molecule has 0 radical (unpaired) electrons. The molecule has 1 aromatic carbocycles. The number of nitrogens with two attached hydrogens (primary N) is 1. The van der Waals surface area contributed by atoms with Gasteiger partial charge in [-0.05, 0) is 34.5 Å². The molecule has 0 aliphatic heterocycles. The minimum absolute atomic E-state index is 0.524. The molecule has 0 aliphatic carbocycles. The fourth-order valence-corrected chi connectivity index (χ4v) is 1.72. The van der Waals surface area contributed by atoms with Crippen molar-refractivity contribution in [2.45, 2.75) is 19.8 Å². The zero-order valence-corrected chi connectivity index (χ0v) is 11.1. The first-order valence-corrected chi connectivity index (χ1v) is 6.29. The van der Waals surface area contributed by atoms with Gasteiger partial charge < -0.3 is 15.2 Å². The Bertz CT molecular complexity index is 298. The van der Waals surface area contributed by atoms with Gasteiger partial charge in [-0.25, -0.2) is 0 Å². The van der Waals surface area contributed by atoms with Gasteiger partial charge in [0.15, 0.2) is 5.75 Å². The van der Waals surface area contributed by atoms with Crippen molar-refractivity contribution in [1.82, 2.24) is 0 Å². The van der Waals surface area contributed by atoms with E-state index in [2.05, 4.69) is 22.9 Å². The van der Waals surface area contributed by atoms with Crippen LogP contribution in [0.25, 0.3) is 0 Å². The van der Waals surface area contributed by atoms with Gasteiger partial charge >= 0.3 is 0 Å². The summed E-state index contributed by atoms with van der Waals surface area (Å²) in [5.74, 6) is 0.696. The number of ether oxygens (including phenoxy) is 2. The Morgan fingerprint density at radius 2 is 2.06 bits per heavy atom. The molecule has 3 nitrogen and oxygen atoms in total. The predicted octanol–water partition coefficient (Wildman–Crippen LogP) is 3.23. The lowest BCUT2D eigenvalue weighted by molar-refractivity contribution is 0.0981. The third kappa shape index (κ3) is 4.41. The minimum atomic E-state index is 0.524. The summed E-state index contributed by atoms with van der Waals surface area (Å²) in [6.45, 7) is 4.06. The smallest absolute Gasteiger partial charge is 0.156 e. The highest BCUT2D eigenvalue weighted by atomic mass is 79.9. The molecule has 0 saturated heterocycles. The fraction of sp³-hybridized carbons (Fsp3) is 0.500. The number of benzene rings is 1. The molecule has 90 valence electrons. The van der Waals surface area contributed by atoms with E-state index in [9.17, 15) is 0 Å². The van der Waals surface area contributed by atoms with Crippen LogP contribution >= 0.6 is 15.9 Å². The summed E-state index contributed by atoms with van der Waals surface area (Å²) in [5, 5.41) is 0. The van der Waals surface area contributed by atoms with Crippen LogP contribution in [0.3, 0.4) is 0 Å². The Morgan fingerprint density at radius 1 is 1.25 bits per heavy atom. The van der Waals surface area contributed by atoms with E-state index >= 15 is 0 Å². The van der Waals surface area contributed by atoms with Gasteiger partial charge in [0.25, 0.3) is 0 Å². The molecular formula is C12H18BrNO2. The zero-order valence-electron chi connectivity index (χ0n) is 9.54. The molecule has 0 atom stereocenters. The average molecular weight is 288 g/mol. The molecule has 0 aromatic heterocycles. The van der Waals surface area contributed by atoms with Crippen molar-refractivity contribution < 1.29 is 9.47 Å². The van der Waals surface area contributed by atoms with E-state index in [1.54, 1.807) is 0 Å². The molecule has 0 fully saturated rings. The van der Waals surface area contributed by atoms with E-state index in [0.29, 0.717) is 24.7 Å². The van der Waals surface area contributed by atoms with E-state index in [1.807, 2.05) is 18.2 Å². The van der Waals surface area contributed by atoms with Crippen molar-refractivity contribution in [3.63, 3.8) is 0 Å². The summed E-state index contributed by atoms with van der Waals surface area (Å²) >= 11 is 3.40. The summed E-state index contributed by atoms with van der Waals surface area (Å²) in [6, 6.07) is 5.60. The van der Waals surface area contributed by atoms with Crippen LogP contribution in [0, 0.1) is 0 Å². The summed E-state index contributed by atoms with van der Waals surface area (Å²) in [6.07, 6.45) is 2.25. The summed E-state index contributed by atoms with van der Waals surface area (Å²) in [4.78, 5) is 0. The van der Waals surface area contributed by atoms with E-state index in [-0.39, 0.29) is 0 Å². The number of hydrogen-bond acceptors (Lipinski definition) is 3. The lowest BCUT2D eigenvalue weighted by Gasteiger charge is -2.10. The first kappa shape index (κ1) is 13.3. The number of unbranched alkanes of at least 4 members (excludes halogenated alkanes) is 1. The lowest BCUT2D eigenvalue weighted by atomic mass is 10.3. The lowest BCUT2D eigenvalue weighted by Crippen LogP contribution is -2.08. The topological polar surface area (TPSA) is 44.5 Å². The quantitative estimate of drug-likeness (QED) is 0.619. The summed E-state index contributed by atoms with van der Waals surface area (Å²) in [7, 11) is 0. The normalized spacial score (nSPS) is 10.4. The van der Waals surface area contributed by atoms with Crippen molar-refractivity contribution in [1.29, 1.82) is 0 Å². The Balaban J connectivity index is 2.26. The molecule has 4 heteroatoms. The third-order valence-electron chi connectivity index (χ3n) is 2.11. The number of hydrogen-bond donors (Lipinski definition) is 1. The Hall–Kier alpha value is -0.740. The van der Waals surface area contributed by atoms with Crippen molar-refractivity contribution in [3.8, 4) is 5.75 Å². The number of rotatable bonds is 7. The third-order valence-corrected chi connectivity index (χ3v) is 2.74. The largest absolute Gasteiger partial charge is 0.488 e. The molecule has 0 saturated carbocycles. The fourth-order valence-electron chi connectivity index (χ4n) is 1.23. The molecule has 0 aliphatic rings. The second-order valence-corrected chi connectivity index (χ2v) is 4.33. The summed E-state index contributed by atoms with van der Waals surface area (Å²) < 4.78 is 11.8. The maximum absolute atomic E-state index is 5.79. The molecule has 0 bridgehead atoms. The number of para-hydroxylation sites is 1. The van der Waals surface area contributed by atoms with Crippen LogP contribution in [0.4, 0.5) is 5.69 Å². The van der Waals surface area contributed by atoms with Crippen molar-refractivity contribution in [2.75, 3.05) is 25.6 Å². The SMILES string of the molecule is CCCCOCCOc1c(N)cccc1Br. The van der Waals surface area contributed by atoms with Crippen LogP contribution in [0.2, 0.25) is 0 Å². The van der Waals surface area contributed by atoms with Gasteiger partial charge in [-0.3, -0.25) is 0 Å². The van der Waals surface area contributed by atoms with Crippen LogP contribution in [-0.4, -0.2) is 19.8 Å². The van der Waals surface area contributed by atoms with Crippen LogP contribution in [0.15, 0.2) is 22.7 Å². The van der Waals surface area contributed by atoms with Gasteiger partial charge in [0.05, 0.1) is 16.8 Å². The number of anilines is 1. The second kappa shape index (κ2) is 7.52. The molecule has 1 rings (SSSR count). The van der Waals surface area contributed by atoms with Crippen LogP contribution < -0.4 is 10.5 Å². The van der Waals surface area contributed by atoms with E-state index < -0.39 is 0 Å². The Labute approximate surface area is 105 Å². The molecule has 2 N–H and O–H groups in total. The summed E-state index contributed by atoms with van der Waals surface area (Å²) in [5.41, 5.74) is 6.43. The van der Waals surface area contributed by atoms with Crippen LogP contribution in [-0.2, 0) is 4.74 Å². The monoisotopic (exact) mass is 287 g/mol. The first-order chi connectivity index (χ1) is 7.75. The van der Waals surface area contributed by atoms with E-state index in [0.717, 1.165) is 23.9 Å². The standard InChI is InChI=1S/C12H18BrNO2/c1-2-3-7-15-8-9-16-12-10(13)5-4-6-11(12)14/h4-6H,2-3,7-9,14H2,1H3. The van der Waals surface area contributed by atoms with Gasteiger partial charge in [0.1, 0.15) is 6.61 Å². The molecule has 16 heavy (non-hydrogen) atoms. The molecule has 1 aromatic rings. The van der Waals surface area contributed by atoms with Crippen molar-refractivity contribution in [2.24, 2.45) is 0 Å². The zero-order chi connectivity index (χ0) is 11.8. The molecular weight excluding hydrogens is 270 g/mol. The maximum Gasteiger partial charge on any atom is 0.156 e. The highest BCUT2D eigenvalue weighted by Gasteiger charge is 2.04. The molecule has 0 spiro atoms. The number of halogens is 1. The first-order valence-electron chi connectivity index (χ1n) is 5.50. The van der Waals surface area contributed by atoms with Crippen LogP contribution in [0.5, 0.6) is 5.75 Å². The maximum atomic E-state index is 5.79. The Morgan fingerprint density at radius 3 is 2.75 bits per heavy atom. The number of nitrogen functional groups attached to an aromatic ring is 1. The minimum Gasteiger partial charge on any atom is -0.488 e. The molecule has 0 unspecified atom stereocenters.